The van der Waals surface area contributed by atoms with Crippen LogP contribution < -0.4 is 5.32 Å². The minimum Gasteiger partial charge on any atom is -0.361 e. The smallest absolute Gasteiger partial charge is 0.212 e. The van der Waals surface area contributed by atoms with Crippen LogP contribution in [-0.2, 0) is 0 Å². The van der Waals surface area contributed by atoms with Crippen molar-refractivity contribution in [2.45, 2.75) is 26.8 Å². The molecule has 112 valence electrons. The first-order valence-corrected chi connectivity index (χ1v) is 8.59. The van der Waals surface area contributed by atoms with Gasteiger partial charge in [0.05, 0.1) is 23.3 Å². The molecule has 4 rings (SSSR count). The molecule has 6 nitrogen and oxygen atoms in total. The number of nitrogens with one attached hydrogen (secondary N) is 1. The first kappa shape index (κ1) is 13.6. The van der Waals surface area contributed by atoms with Gasteiger partial charge in [0.1, 0.15) is 22.5 Å². The SMILES string of the molecule is Cc1sc2ncnc(N[C@@H](C)c3cn4ncsc4n3)c2c1C. The van der Waals surface area contributed by atoms with Crippen LogP contribution in [-0.4, -0.2) is 24.6 Å². The van der Waals surface area contributed by atoms with Crippen molar-refractivity contribution in [3.8, 4) is 0 Å². The van der Waals surface area contributed by atoms with E-state index in [1.54, 1.807) is 27.7 Å². The molecule has 1 N–H and O–H groups in total. The summed E-state index contributed by atoms with van der Waals surface area (Å²) in [6.07, 6.45) is 3.56. The summed E-state index contributed by atoms with van der Waals surface area (Å²) in [6, 6.07) is 0.0478. The van der Waals surface area contributed by atoms with Crippen LogP contribution in [0.15, 0.2) is 18.0 Å². The van der Waals surface area contributed by atoms with Gasteiger partial charge in [-0.05, 0) is 26.3 Å². The maximum absolute atomic E-state index is 4.59. The molecular formula is C14H14N6S2. The molecule has 8 heteroatoms. The lowest BCUT2D eigenvalue weighted by atomic mass is 10.2. The Kier molecular flexibility index (Phi) is 3.08. The Balaban J connectivity index is 1.72. The molecule has 22 heavy (non-hydrogen) atoms. The zero-order chi connectivity index (χ0) is 15.3. The van der Waals surface area contributed by atoms with Crippen molar-refractivity contribution >= 4 is 43.7 Å². The van der Waals surface area contributed by atoms with Gasteiger partial charge in [-0.2, -0.15) is 5.10 Å². The first-order chi connectivity index (χ1) is 10.6. The van der Waals surface area contributed by atoms with Crippen molar-refractivity contribution in [2.75, 3.05) is 5.32 Å². The zero-order valence-electron chi connectivity index (χ0n) is 12.4. The van der Waals surface area contributed by atoms with Crippen LogP contribution in [0.25, 0.3) is 15.2 Å². The van der Waals surface area contributed by atoms with Gasteiger partial charge in [-0.25, -0.2) is 19.5 Å². The molecule has 0 saturated heterocycles. The number of rotatable bonds is 3. The fourth-order valence-electron chi connectivity index (χ4n) is 2.44. The standard InChI is InChI=1S/C14H14N6S2/c1-7-9(3)22-13-11(7)12(15-5-16-13)18-8(2)10-4-20-14(19-10)21-6-17-20/h4-6,8H,1-3H3,(H,15,16,18)/t8-/m0/s1. The Morgan fingerprint density at radius 1 is 1.27 bits per heavy atom. The van der Waals surface area contributed by atoms with Crippen molar-refractivity contribution in [3.05, 3.63) is 34.2 Å². The summed E-state index contributed by atoms with van der Waals surface area (Å²) in [5.74, 6) is 0.865. The fourth-order valence-corrected chi connectivity index (χ4v) is 4.04. The number of thiophene rings is 1. The number of aryl methyl sites for hydroxylation is 2. The summed E-state index contributed by atoms with van der Waals surface area (Å²) in [5.41, 5.74) is 3.98. The fraction of sp³-hybridized carbons (Fsp3) is 0.286. The van der Waals surface area contributed by atoms with Gasteiger partial charge < -0.3 is 5.32 Å². The van der Waals surface area contributed by atoms with Gasteiger partial charge in [0.2, 0.25) is 4.96 Å². The Hall–Kier alpha value is -2.06. The summed E-state index contributed by atoms with van der Waals surface area (Å²) < 4.78 is 1.80. The van der Waals surface area contributed by atoms with E-state index in [9.17, 15) is 0 Å². The number of aromatic nitrogens is 5. The molecule has 4 aromatic rings. The molecule has 0 spiro atoms. The van der Waals surface area contributed by atoms with Crippen LogP contribution in [0.5, 0.6) is 0 Å². The second kappa shape index (κ2) is 4.99. The average molecular weight is 330 g/mol. The molecule has 4 aromatic heterocycles. The molecule has 0 aromatic carbocycles. The molecule has 0 unspecified atom stereocenters. The summed E-state index contributed by atoms with van der Waals surface area (Å²) in [7, 11) is 0. The van der Waals surface area contributed by atoms with E-state index in [2.05, 4.69) is 46.1 Å². The Bertz CT molecular complexity index is 938. The van der Waals surface area contributed by atoms with E-state index >= 15 is 0 Å². The highest BCUT2D eigenvalue weighted by molar-refractivity contribution is 7.18. The van der Waals surface area contributed by atoms with Gasteiger partial charge >= 0.3 is 0 Å². The average Bonchev–Trinajstić information content (AvgIpc) is 3.14. The lowest BCUT2D eigenvalue weighted by Gasteiger charge is -2.13. The third-order valence-electron chi connectivity index (χ3n) is 3.77. The van der Waals surface area contributed by atoms with E-state index in [-0.39, 0.29) is 6.04 Å². The summed E-state index contributed by atoms with van der Waals surface area (Å²) in [6.45, 7) is 6.31. The van der Waals surface area contributed by atoms with E-state index in [0.717, 1.165) is 26.7 Å². The summed E-state index contributed by atoms with van der Waals surface area (Å²) in [4.78, 5) is 16.6. The maximum atomic E-state index is 4.59. The predicted octanol–water partition coefficient (Wildman–Crippen LogP) is 3.59. The number of hydrogen-bond donors (Lipinski definition) is 1. The lowest BCUT2D eigenvalue weighted by molar-refractivity contribution is 0.839. The highest BCUT2D eigenvalue weighted by Gasteiger charge is 2.16. The molecular weight excluding hydrogens is 316 g/mol. The summed E-state index contributed by atoms with van der Waals surface area (Å²) in [5, 5.41) is 8.79. The lowest BCUT2D eigenvalue weighted by Crippen LogP contribution is -2.09. The topological polar surface area (TPSA) is 68.0 Å². The number of hydrogen-bond acceptors (Lipinski definition) is 7. The van der Waals surface area contributed by atoms with Crippen LogP contribution in [0.1, 0.15) is 29.1 Å². The molecule has 0 aliphatic heterocycles. The van der Waals surface area contributed by atoms with E-state index in [4.69, 9.17) is 0 Å². The highest BCUT2D eigenvalue weighted by atomic mass is 32.1. The van der Waals surface area contributed by atoms with Gasteiger partial charge in [-0.15, -0.1) is 11.3 Å². The molecule has 0 saturated carbocycles. The number of anilines is 1. The molecule has 0 bridgehead atoms. The largest absolute Gasteiger partial charge is 0.361 e. The minimum absolute atomic E-state index is 0.0478. The molecule has 0 aliphatic carbocycles. The maximum Gasteiger partial charge on any atom is 0.212 e. The van der Waals surface area contributed by atoms with E-state index < -0.39 is 0 Å². The third-order valence-corrected chi connectivity index (χ3v) is 5.57. The molecule has 0 aliphatic rings. The van der Waals surface area contributed by atoms with Crippen molar-refractivity contribution in [3.63, 3.8) is 0 Å². The molecule has 4 heterocycles. The molecule has 1 atom stereocenters. The van der Waals surface area contributed by atoms with Crippen LogP contribution >= 0.6 is 22.7 Å². The van der Waals surface area contributed by atoms with Gasteiger partial charge in [-0.3, -0.25) is 0 Å². The van der Waals surface area contributed by atoms with Crippen LogP contribution in [0.2, 0.25) is 0 Å². The second-order valence-corrected chi connectivity index (χ2v) is 7.20. The summed E-state index contributed by atoms with van der Waals surface area (Å²) >= 11 is 3.23. The highest BCUT2D eigenvalue weighted by Crippen LogP contribution is 2.33. The number of nitrogens with zero attached hydrogens (tertiary/aromatic N) is 5. The normalized spacial score (nSPS) is 13.0. The van der Waals surface area contributed by atoms with E-state index in [1.165, 1.54) is 21.8 Å². The Labute approximate surface area is 134 Å². The zero-order valence-corrected chi connectivity index (χ0v) is 14.0. The van der Waals surface area contributed by atoms with Gasteiger partial charge in [-0.1, -0.05) is 11.3 Å². The quantitative estimate of drug-likeness (QED) is 0.622. The minimum atomic E-state index is 0.0478. The van der Waals surface area contributed by atoms with Gasteiger partial charge in [0.15, 0.2) is 0 Å². The van der Waals surface area contributed by atoms with Crippen molar-refractivity contribution in [2.24, 2.45) is 0 Å². The molecule has 0 radical (unpaired) electrons. The van der Waals surface area contributed by atoms with E-state index in [1.807, 2.05) is 6.20 Å². The van der Waals surface area contributed by atoms with Crippen molar-refractivity contribution < 1.29 is 0 Å². The van der Waals surface area contributed by atoms with Crippen molar-refractivity contribution in [1.82, 2.24) is 24.6 Å². The van der Waals surface area contributed by atoms with Crippen LogP contribution in [0, 0.1) is 13.8 Å². The Morgan fingerprint density at radius 3 is 2.95 bits per heavy atom. The second-order valence-electron chi connectivity index (χ2n) is 5.18. The van der Waals surface area contributed by atoms with Crippen LogP contribution in [0.3, 0.4) is 0 Å². The number of imidazole rings is 1. The monoisotopic (exact) mass is 330 g/mol. The van der Waals surface area contributed by atoms with Crippen LogP contribution in [0.4, 0.5) is 5.82 Å². The predicted molar refractivity (Wildman–Crippen MR) is 89.8 cm³/mol. The van der Waals surface area contributed by atoms with Gasteiger partial charge in [0, 0.05) is 4.88 Å². The molecule has 0 fully saturated rings. The number of fused-ring (bicyclic) bond motifs is 2. The van der Waals surface area contributed by atoms with Gasteiger partial charge in [0.25, 0.3) is 0 Å². The third kappa shape index (κ3) is 2.06. The van der Waals surface area contributed by atoms with Crippen molar-refractivity contribution in [1.29, 1.82) is 0 Å². The van der Waals surface area contributed by atoms with E-state index in [0.29, 0.717) is 0 Å². The molecule has 0 amide bonds. The Morgan fingerprint density at radius 2 is 2.14 bits per heavy atom. The first-order valence-electron chi connectivity index (χ1n) is 6.89.